The zero-order chi connectivity index (χ0) is 9.52. The SMILES string of the molecule is C=CCOC1CCCC(=O)CCC1. The van der Waals surface area contributed by atoms with Crippen LogP contribution >= 0.6 is 0 Å². The molecule has 0 N–H and O–H groups in total. The summed E-state index contributed by atoms with van der Waals surface area (Å²) in [7, 11) is 0. The first-order valence-electron chi connectivity index (χ1n) is 5.07. The largest absolute Gasteiger partial charge is 0.374 e. The third kappa shape index (κ3) is 4.23. The average Bonchev–Trinajstić information content (AvgIpc) is 2.09. The zero-order valence-electron chi connectivity index (χ0n) is 8.13. The maximum absolute atomic E-state index is 11.1. The van der Waals surface area contributed by atoms with E-state index in [4.69, 9.17) is 4.74 Å². The molecule has 2 nitrogen and oxygen atoms in total. The first-order valence-corrected chi connectivity index (χ1v) is 5.07. The van der Waals surface area contributed by atoms with Crippen molar-refractivity contribution >= 4 is 5.78 Å². The molecule has 0 unspecified atom stereocenters. The molecule has 0 atom stereocenters. The molecule has 0 heterocycles. The highest BCUT2D eigenvalue weighted by Gasteiger charge is 2.14. The Kier molecular flexibility index (Phi) is 4.76. The van der Waals surface area contributed by atoms with Gasteiger partial charge in [0.2, 0.25) is 0 Å². The molecule has 2 heteroatoms. The Balaban J connectivity index is 2.24. The maximum Gasteiger partial charge on any atom is 0.132 e. The Hall–Kier alpha value is -0.630. The van der Waals surface area contributed by atoms with Gasteiger partial charge in [-0.2, -0.15) is 0 Å². The van der Waals surface area contributed by atoms with Crippen molar-refractivity contribution in [2.45, 2.75) is 44.6 Å². The van der Waals surface area contributed by atoms with Gasteiger partial charge >= 0.3 is 0 Å². The van der Waals surface area contributed by atoms with Crippen molar-refractivity contribution in [1.82, 2.24) is 0 Å². The summed E-state index contributed by atoms with van der Waals surface area (Å²) in [4.78, 5) is 11.1. The van der Waals surface area contributed by atoms with Crippen LogP contribution in [-0.4, -0.2) is 18.5 Å². The fourth-order valence-corrected chi connectivity index (χ4v) is 1.69. The van der Waals surface area contributed by atoms with Crippen LogP contribution in [0.25, 0.3) is 0 Å². The van der Waals surface area contributed by atoms with E-state index in [0.717, 1.165) is 38.5 Å². The molecule has 74 valence electrons. The summed E-state index contributed by atoms with van der Waals surface area (Å²) in [5.74, 6) is 0.419. The van der Waals surface area contributed by atoms with Gasteiger partial charge in [-0.05, 0) is 25.7 Å². The number of rotatable bonds is 3. The highest BCUT2D eigenvalue weighted by atomic mass is 16.5. The Morgan fingerprint density at radius 1 is 1.38 bits per heavy atom. The van der Waals surface area contributed by atoms with E-state index in [0.29, 0.717) is 18.5 Å². The first-order chi connectivity index (χ1) is 6.33. The summed E-state index contributed by atoms with van der Waals surface area (Å²) in [6, 6.07) is 0. The molecular formula is C11H18O2. The lowest BCUT2D eigenvalue weighted by molar-refractivity contribution is -0.120. The van der Waals surface area contributed by atoms with Crippen LogP contribution < -0.4 is 0 Å². The molecule has 0 saturated heterocycles. The predicted octanol–water partition coefficient (Wildman–Crippen LogP) is 2.48. The van der Waals surface area contributed by atoms with Crippen LogP contribution in [-0.2, 0) is 9.53 Å². The molecule has 0 aliphatic heterocycles. The minimum absolute atomic E-state index is 0.353. The Labute approximate surface area is 80.0 Å². The van der Waals surface area contributed by atoms with E-state index in [2.05, 4.69) is 6.58 Å². The number of ketones is 1. The molecule has 0 spiro atoms. The fraction of sp³-hybridized carbons (Fsp3) is 0.727. The number of ether oxygens (including phenoxy) is 1. The minimum atomic E-state index is 0.353. The van der Waals surface area contributed by atoms with Crippen LogP contribution in [0.15, 0.2) is 12.7 Å². The van der Waals surface area contributed by atoms with E-state index < -0.39 is 0 Å². The lowest BCUT2D eigenvalue weighted by Gasteiger charge is -2.18. The number of hydrogen-bond donors (Lipinski definition) is 0. The van der Waals surface area contributed by atoms with Crippen molar-refractivity contribution in [2.75, 3.05) is 6.61 Å². The Bertz CT molecular complexity index is 163. The van der Waals surface area contributed by atoms with E-state index in [-0.39, 0.29) is 0 Å². The standard InChI is InChI=1S/C11H18O2/c1-2-9-13-11-7-3-5-10(12)6-4-8-11/h2,11H,1,3-9H2. The predicted molar refractivity (Wildman–Crippen MR) is 52.6 cm³/mol. The smallest absolute Gasteiger partial charge is 0.132 e. The molecule has 0 aromatic heterocycles. The van der Waals surface area contributed by atoms with Gasteiger partial charge in [0.1, 0.15) is 5.78 Å². The van der Waals surface area contributed by atoms with Crippen molar-refractivity contribution in [3.63, 3.8) is 0 Å². The van der Waals surface area contributed by atoms with E-state index in [1.54, 1.807) is 6.08 Å². The number of carbonyl (C=O) groups is 1. The van der Waals surface area contributed by atoms with Gasteiger partial charge in [-0.3, -0.25) is 4.79 Å². The van der Waals surface area contributed by atoms with Crippen molar-refractivity contribution < 1.29 is 9.53 Å². The molecule has 1 rings (SSSR count). The van der Waals surface area contributed by atoms with Crippen LogP contribution in [0.2, 0.25) is 0 Å². The van der Waals surface area contributed by atoms with E-state index >= 15 is 0 Å². The molecule has 1 saturated carbocycles. The second kappa shape index (κ2) is 5.92. The van der Waals surface area contributed by atoms with Gasteiger partial charge < -0.3 is 4.74 Å². The van der Waals surface area contributed by atoms with Crippen LogP contribution in [0, 0.1) is 0 Å². The summed E-state index contributed by atoms with van der Waals surface area (Å²) in [6.45, 7) is 4.26. The van der Waals surface area contributed by atoms with E-state index in [1.807, 2.05) is 0 Å². The lowest BCUT2D eigenvalue weighted by atomic mass is 9.98. The highest BCUT2D eigenvalue weighted by molar-refractivity contribution is 5.78. The molecule has 0 amide bonds. The highest BCUT2D eigenvalue weighted by Crippen LogP contribution is 2.17. The van der Waals surface area contributed by atoms with Gasteiger partial charge in [-0.15, -0.1) is 6.58 Å². The zero-order valence-corrected chi connectivity index (χ0v) is 8.13. The molecule has 0 aromatic rings. The van der Waals surface area contributed by atoms with Gasteiger partial charge in [0.15, 0.2) is 0 Å². The maximum atomic E-state index is 11.1. The first kappa shape index (κ1) is 10.5. The Morgan fingerprint density at radius 3 is 2.54 bits per heavy atom. The second-order valence-electron chi connectivity index (χ2n) is 3.57. The van der Waals surface area contributed by atoms with Gasteiger partial charge in [0, 0.05) is 12.8 Å². The summed E-state index contributed by atoms with van der Waals surface area (Å²) in [5, 5.41) is 0. The van der Waals surface area contributed by atoms with Crippen molar-refractivity contribution in [3.05, 3.63) is 12.7 Å². The number of hydrogen-bond acceptors (Lipinski definition) is 2. The normalized spacial score (nSPS) is 20.8. The quantitative estimate of drug-likeness (QED) is 0.627. The monoisotopic (exact) mass is 182 g/mol. The molecule has 1 aliphatic rings. The number of Topliss-reactive ketones (excluding diaryl/α,β-unsaturated/α-hetero) is 1. The van der Waals surface area contributed by atoms with Crippen LogP contribution in [0.3, 0.4) is 0 Å². The third-order valence-corrected chi connectivity index (χ3v) is 2.41. The molecule has 1 fully saturated rings. The second-order valence-corrected chi connectivity index (χ2v) is 3.57. The summed E-state index contributed by atoms with van der Waals surface area (Å²) >= 11 is 0. The molecule has 0 radical (unpaired) electrons. The summed E-state index contributed by atoms with van der Waals surface area (Å²) in [6.07, 6.45) is 7.65. The molecule has 0 bridgehead atoms. The fourth-order valence-electron chi connectivity index (χ4n) is 1.69. The van der Waals surface area contributed by atoms with Crippen LogP contribution in [0.4, 0.5) is 0 Å². The Morgan fingerprint density at radius 2 is 2.00 bits per heavy atom. The van der Waals surface area contributed by atoms with E-state index in [9.17, 15) is 4.79 Å². The van der Waals surface area contributed by atoms with Crippen molar-refractivity contribution in [3.8, 4) is 0 Å². The minimum Gasteiger partial charge on any atom is -0.374 e. The topological polar surface area (TPSA) is 26.3 Å². The van der Waals surface area contributed by atoms with Gasteiger partial charge in [0.25, 0.3) is 0 Å². The molecule has 1 aliphatic carbocycles. The molecule has 0 aromatic carbocycles. The summed E-state index contributed by atoms with van der Waals surface area (Å²) < 4.78 is 5.57. The number of carbonyl (C=O) groups excluding carboxylic acids is 1. The summed E-state index contributed by atoms with van der Waals surface area (Å²) in [5.41, 5.74) is 0. The van der Waals surface area contributed by atoms with Gasteiger partial charge in [-0.1, -0.05) is 6.08 Å². The van der Waals surface area contributed by atoms with Crippen molar-refractivity contribution in [1.29, 1.82) is 0 Å². The van der Waals surface area contributed by atoms with Gasteiger partial charge in [-0.25, -0.2) is 0 Å². The third-order valence-electron chi connectivity index (χ3n) is 2.41. The molecule has 13 heavy (non-hydrogen) atoms. The van der Waals surface area contributed by atoms with Crippen LogP contribution in [0.5, 0.6) is 0 Å². The lowest BCUT2D eigenvalue weighted by Crippen LogP contribution is -2.16. The van der Waals surface area contributed by atoms with Gasteiger partial charge in [0.05, 0.1) is 12.7 Å². The van der Waals surface area contributed by atoms with Crippen LogP contribution in [0.1, 0.15) is 38.5 Å². The van der Waals surface area contributed by atoms with E-state index in [1.165, 1.54) is 0 Å². The average molecular weight is 182 g/mol. The van der Waals surface area contributed by atoms with Crippen molar-refractivity contribution in [2.24, 2.45) is 0 Å². The molecular weight excluding hydrogens is 164 g/mol.